The number of benzene rings is 2. The van der Waals surface area contributed by atoms with Gasteiger partial charge >= 0.3 is 0 Å². The van der Waals surface area contributed by atoms with Crippen molar-refractivity contribution in [2.45, 2.75) is 13.5 Å². The van der Waals surface area contributed by atoms with E-state index in [1.54, 1.807) is 24.3 Å². The maximum absolute atomic E-state index is 8.91. The molecule has 25 heavy (non-hydrogen) atoms. The van der Waals surface area contributed by atoms with Crippen LogP contribution in [0.3, 0.4) is 0 Å². The Morgan fingerprint density at radius 3 is 2.36 bits per heavy atom. The fourth-order valence-corrected chi connectivity index (χ4v) is 2.59. The zero-order chi connectivity index (χ0) is 18.2. The zero-order valence-electron chi connectivity index (χ0n) is 13.4. The summed E-state index contributed by atoms with van der Waals surface area (Å²) in [6, 6.07) is 14.6. The maximum Gasteiger partial charge on any atom is 0.162 e. The van der Waals surface area contributed by atoms with E-state index in [-0.39, 0.29) is 5.57 Å². The molecule has 0 aliphatic heterocycles. The SMILES string of the molecule is CCOc1cc(C=C(C#N)C#N)c(Br)cc1OCc1ccc(Cl)cc1. The summed E-state index contributed by atoms with van der Waals surface area (Å²) in [5.74, 6) is 1.11. The second kappa shape index (κ2) is 9.13. The van der Waals surface area contributed by atoms with Crippen LogP contribution in [0.1, 0.15) is 18.1 Å². The lowest BCUT2D eigenvalue weighted by Crippen LogP contribution is -2.00. The average molecular weight is 418 g/mol. The predicted molar refractivity (Wildman–Crippen MR) is 100 cm³/mol. The van der Waals surface area contributed by atoms with Crippen LogP contribution in [0.2, 0.25) is 5.02 Å². The summed E-state index contributed by atoms with van der Waals surface area (Å²) < 4.78 is 12.2. The van der Waals surface area contributed by atoms with E-state index in [9.17, 15) is 0 Å². The van der Waals surface area contributed by atoms with Crippen LogP contribution in [0.5, 0.6) is 11.5 Å². The molecule has 0 aliphatic carbocycles. The highest BCUT2D eigenvalue weighted by molar-refractivity contribution is 9.10. The van der Waals surface area contributed by atoms with Crippen molar-refractivity contribution in [2.24, 2.45) is 0 Å². The van der Waals surface area contributed by atoms with E-state index in [1.165, 1.54) is 6.08 Å². The van der Waals surface area contributed by atoms with Crippen molar-refractivity contribution in [3.63, 3.8) is 0 Å². The lowest BCUT2D eigenvalue weighted by Gasteiger charge is -2.14. The van der Waals surface area contributed by atoms with Crippen LogP contribution < -0.4 is 9.47 Å². The number of hydrogen-bond acceptors (Lipinski definition) is 4. The molecule has 0 heterocycles. The van der Waals surface area contributed by atoms with Crippen LogP contribution >= 0.6 is 27.5 Å². The minimum absolute atomic E-state index is 0.0120. The molecule has 0 fully saturated rings. The Balaban J connectivity index is 2.30. The van der Waals surface area contributed by atoms with E-state index in [1.807, 2.05) is 31.2 Å². The van der Waals surface area contributed by atoms with Gasteiger partial charge in [0, 0.05) is 9.50 Å². The van der Waals surface area contributed by atoms with E-state index in [2.05, 4.69) is 15.9 Å². The number of ether oxygens (including phenoxy) is 2. The second-order valence-electron chi connectivity index (χ2n) is 4.95. The lowest BCUT2D eigenvalue weighted by atomic mass is 10.1. The first kappa shape index (κ1) is 18.9. The molecule has 0 atom stereocenters. The lowest BCUT2D eigenvalue weighted by molar-refractivity contribution is 0.269. The van der Waals surface area contributed by atoms with E-state index >= 15 is 0 Å². The monoisotopic (exact) mass is 416 g/mol. The predicted octanol–water partition coefficient (Wildman–Crippen LogP) is 5.51. The van der Waals surface area contributed by atoms with Crippen molar-refractivity contribution in [1.82, 2.24) is 0 Å². The van der Waals surface area contributed by atoms with Crippen LogP contribution in [0.25, 0.3) is 6.08 Å². The summed E-state index contributed by atoms with van der Waals surface area (Å²) >= 11 is 9.32. The average Bonchev–Trinajstić information content (AvgIpc) is 2.62. The van der Waals surface area contributed by atoms with Crippen molar-refractivity contribution in [1.29, 1.82) is 10.5 Å². The number of allylic oxidation sites excluding steroid dienone is 1. The molecule has 2 aromatic rings. The van der Waals surface area contributed by atoms with Crippen molar-refractivity contribution in [3.05, 3.63) is 62.6 Å². The zero-order valence-corrected chi connectivity index (χ0v) is 15.8. The molecule has 2 rings (SSSR count). The molecule has 126 valence electrons. The standard InChI is InChI=1S/C19H14BrClN2O2/c1-2-24-18-8-15(7-14(10-22)11-23)17(20)9-19(18)25-12-13-3-5-16(21)6-4-13/h3-9H,2,12H2,1H3. The van der Waals surface area contributed by atoms with Crippen LogP contribution in [-0.2, 0) is 6.61 Å². The van der Waals surface area contributed by atoms with Crippen LogP contribution in [0.4, 0.5) is 0 Å². The first-order valence-electron chi connectivity index (χ1n) is 7.42. The van der Waals surface area contributed by atoms with Gasteiger partial charge < -0.3 is 9.47 Å². The molecule has 0 saturated heterocycles. The van der Waals surface area contributed by atoms with Crippen molar-refractivity contribution < 1.29 is 9.47 Å². The summed E-state index contributed by atoms with van der Waals surface area (Å²) in [7, 11) is 0. The molecule has 0 saturated carbocycles. The smallest absolute Gasteiger partial charge is 0.162 e. The summed E-state index contributed by atoms with van der Waals surface area (Å²) in [4.78, 5) is 0. The maximum atomic E-state index is 8.91. The summed E-state index contributed by atoms with van der Waals surface area (Å²) in [5, 5.41) is 18.5. The van der Waals surface area contributed by atoms with Gasteiger partial charge in [0.15, 0.2) is 11.5 Å². The van der Waals surface area contributed by atoms with Crippen molar-refractivity contribution >= 4 is 33.6 Å². The van der Waals surface area contributed by atoms with E-state index < -0.39 is 0 Å². The molecule has 0 aromatic heterocycles. The molecular formula is C19H14BrClN2O2. The summed E-state index contributed by atoms with van der Waals surface area (Å²) in [6.45, 7) is 2.70. The minimum Gasteiger partial charge on any atom is -0.490 e. The molecule has 6 heteroatoms. The van der Waals surface area contributed by atoms with E-state index in [0.29, 0.717) is 39.8 Å². The third-order valence-corrected chi connectivity index (χ3v) is 4.15. The largest absolute Gasteiger partial charge is 0.490 e. The van der Waals surface area contributed by atoms with Gasteiger partial charge in [0.2, 0.25) is 0 Å². The number of rotatable bonds is 6. The van der Waals surface area contributed by atoms with Gasteiger partial charge in [0.25, 0.3) is 0 Å². The molecule has 4 nitrogen and oxygen atoms in total. The first-order valence-corrected chi connectivity index (χ1v) is 8.60. The Kier molecular flexibility index (Phi) is 6.89. The van der Waals surface area contributed by atoms with Gasteiger partial charge in [-0.05, 0) is 48.4 Å². The fraction of sp³-hybridized carbons (Fsp3) is 0.158. The van der Waals surface area contributed by atoms with Gasteiger partial charge in [-0.2, -0.15) is 10.5 Å². The molecule has 0 N–H and O–H groups in total. The Bertz CT molecular complexity index is 849. The number of halogens is 2. The Morgan fingerprint density at radius 1 is 1.12 bits per heavy atom. The molecule has 0 radical (unpaired) electrons. The van der Waals surface area contributed by atoms with Crippen molar-refractivity contribution in [2.75, 3.05) is 6.61 Å². The third-order valence-electron chi connectivity index (χ3n) is 3.21. The van der Waals surface area contributed by atoms with Gasteiger partial charge in [-0.3, -0.25) is 0 Å². The highest BCUT2D eigenvalue weighted by Crippen LogP contribution is 2.35. The van der Waals surface area contributed by atoms with Crippen molar-refractivity contribution in [3.8, 4) is 23.6 Å². The summed E-state index contributed by atoms with van der Waals surface area (Å²) in [5.41, 5.74) is 1.65. The Hall–Kier alpha value is -2.47. The van der Waals surface area contributed by atoms with Crippen LogP contribution in [0, 0.1) is 22.7 Å². The third kappa shape index (κ3) is 5.26. The number of nitriles is 2. The first-order chi connectivity index (χ1) is 12.1. The van der Waals surface area contributed by atoms with Gasteiger partial charge in [0.05, 0.1) is 6.61 Å². The fourth-order valence-electron chi connectivity index (χ4n) is 2.03. The van der Waals surface area contributed by atoms with Gasteiger partial charge in [-0.25, -0.2) is 0 Å². The van der Waals surface area contributed by atoms with Crippen LogP contribution in [-0.4, -0.2) is 6.61 Å². The quantitative estimate of drug-likeness (QED) is 0.581. The normalized spacial score (nSPS) is 9.64. The molecule has 0 bridgehead atoms. The molecule has 0 unspecified atom stereocenters. The van der Waals surface area contributed by atoms with Crippen LogP contribution in [0.15, 0.2) is 46.4 Å². The van der Waals surface area contributed by atoms with E-state index in [4.69, 9.17) is 31.6 Å². The van der Waals surface area contributed by atoms with Gasteiger partial charge in [-0.15, -0.1) is 0 Å². The topological polar surface area (TPSA) is 66.0 Å². The summed E-state index contributed by atoms with van der Waals surface area (Å²) in [6.07, 6.45) is 1.50. The van der Waals surface area contributed by atoms with Gasteiger partial charge in [-0.1, -0.05) is 39.7 Å². The second-order valence-corrected chi connectivity index (χ2v) is 6.24. The number of hydrogen-bond donors (Lipinski definition) is 0. The highest BCUT2D eigenvalue weighted by atomic mass is 79.9. The van der Waals surface area contributed by atoms with E-state index in [0.717, 1.165) is 5.56 Å². The molecule has 0 spiro atoms. The highest BCUT2D eigenvalue weighted by Gasteiger charge is 2.11. The minimum atomic E-state index is 0.0120. The Morgan fingerprint density at radius 2 is 1.76 bits per heavy atom. The molecule has 0 aliphatic rings. The van der Waals surface area contributed by atoms with Gasteiger partial charge in [0.1, 0.15) is 24.3 Å². The Labute approximate surface area is 160 Å². The molecular weight excluding hydrogens is 404 g/mol. The molecule has 2 aromatic carbocycles. The molecule has 0 amide bonds. The number of nitrogens with zero attached hydrogens (tertiary/aromatic N) is 2.